The topological polar surface area (TPSA) is 22.1 Å². The van der Waals surface area contributed by atoms with Crippen molar-refractivity contribution in [3.8, 4) is 17.0 Å². The molecule has 0 aliphatic carbocycles. The number of rotatable bonds is 2. The van der Waals surface area contributed by atoms with E-state index in [-0.39, 0.29) is 17.0 Å². The predicted octanol–water partition coefficient (Wildman–Crippen LogP) is 3.17. The van der Waals surface area contributed by atoms with Gasteiger partial charge >= 0.3 is 0 Å². The van der Waals surface area contributed by atoms with E-state index in [1.807, 2.05) is 0 Å². The van der Waals surface area contributed by atoms with E-state index in [0.29, 0.717) is 0 Å². The van der Waals surface area contributed by atoms with Crippen LogP contribution >= 0.6 is 0 Å². The highest BCUT2D eigenvalue weighted by Crippen LogP contribution is 2.29. The largest absolute Gasteiger partial charge is 0.479 e. The first kappa shape index (κ1) is 11.4. The van der Waals surface area contributed by atoms with Crippen molar-refractivity contribution in [1.82, 2.24) is 4.98 Å². The van der Waals surface area contributed by atoms with Gasteiger partial charge in [0, 0.05) is 17.3 Å². The van der Waals surface area contributed by atoms with E-state index in [9.17, 15) is 13.2 Å². The Bertz CT molecular complexity index is 557. The zero-order valence-electron chi connectivity index (χ0n) is 8.88. The van der Waals surface area contributed by atoms with E-state index in [2.05, 4.69) is 9.72 Å². The van der Waals surface area contributed by atoms with Crippen molar-refractivity contribution in [2.45, 2.75) is 0 Å². The summed E-state index contributed by atoms with van der Waals surface area (Å²) in [6.45, 7) is 0. The number of benzene rings is 1. The second-order valence-corrected chi connectivity index (χ2v) is 3.28. The lowest BCUT2D eigenvalue weighted by Crippen LogP contribution is -1.97. The molecule has 1 aromatic heterocycles. The summed E-state index contributed by atoms with van der Waals surface area (Å²) in [6, 6.07) is 4.82. The number of nitrogens with zero attached hydrogens (tertiary/aromatic N) is 1. The van der Waals surface area contributed by atoms with Gasteiger partial charge in [-0.2, -0.15) is 0 Å². The molecule has 0 saturated heterocycles. The Morgan fingerprint density at radius 3 is 2.41 bits per heavy atom. The van der Waals surface area contributed by atoms with Gasteiger partial charge in [-0.25, -0.2) is 18.2 Å². The van der Waals surface area contributed by atoms with E-state index in [1.165, 1.54) is 31.5 Å². The molecule has 0 atom stereocenters. The van der Waals surface area contributed by atoms with Gasteiger partial charge in [-0.05, 0) is 12.1 Å². The Morgan fingerprint density at radius 2 is 1.71 bits per heavy atom. The SMILES string of the molecule is COc1nccc(-c2cccc(F)c2F)c1F. The van der Waals surface area contributed by atoms with E-state index in [0.717, 1.165) is 6.07 Å². The van der Waals surface area contributed by atoms with Crippen LogP contribution in [0.2, 0.25) is 0 Å². The molecular weight excluding hydrogens is 231 g/mol. The third-order valence-electron chi connectivity index (χ3n) is 2.29. The molecule has 0 amide bonds. The number of methoxy groups -OCH3 is 1. The van der Waals surface area contributed by atoms with E-state index in [1.54, 1.807) is 0 Å². The minimum absolute atomic E-state index is 0.0890. The molecule has 0 saturated carbocycles. The quantitative estimate of drug-likeness (QED) is 0.803. The molecule has 0 aliphatic heterocycles. The Balaban J connectivity index is 2.65. The van der Waals surface area contributed by atoms with Crippen molar-refractivity contribution in [2.24, 2.45) is 0 Å². The first-order valence-electron chi connectivity index (χ1n) is 4.78. The van der Waals surface area contributed by atoms with Gasteiger partial charge in [-0.1, -0.05) is 12.1 Å². The molecule has 0 radical (unpaired) electrons. The number of hydrogen-bond donors (Lipinski definition) is 0. The first-order valence-corrected chi connectivity index (χ1v) is 4.78. The maximum atomic E-state index is 13.8. The lowest BCUT2D eigenvalue weighted by atomic mass is 10.1. The van der Waals surface area contributed by atoms with Crippen molar-refractivity contribution >= 4 is 0 Å². The summed E-state index contributed by atoms with van der Waals surface area (Å²) in [5.74, 6) is -3.21. The summed E-state index contributed by atoms with van der Waals surface area (Å²) in [5, 5.41) is 0. The molecule has 2 nitrogen and oxygen atoms in total. The molecule has 5 heteroatoms. The van der Waals surface area contributed by atoms with Crippen molar-refractivity contribution in [1.29, 1.82) is 0 Å². The molecule has 88 valence electrons. The third kappa shape index (κ3) is 1.95. The fourth-order valence-electron chi connectivity index (χ4n) is 1.49. The fraction of sp³-hybridized carbons (Fsp3) is 0.0833. The lowest BCUT2D eigenvalue weighted by Gasteiger charge is -2.07. The molecule has 0 unspecified atom stereocenters. The highest BCUT2D eigenvalue weighted by atomic mass is 19.2. The summed E-state index contributed by atoms with van der Waals surface area (Å²) in [5.41, 5.74) is -0.253. The lowest BCUT2D eigenvalue weighted by molar-refractivity contribution is 0.370. The van der Waals surface area contributed by atoms with Gasteiger partial charge in [0.25, 0.3) is 5.88 Å². The molecule has 0 spiro atoms. The van der Waals surface area contributed by atoms with Crippen LogP contribution in [0.15, 0.2) is 30.5 Å². The summed E-state index contributed by atoms with van der Waals surface area (Å²) >= 11 is 0. The zero-order chi connectivity index (χ0) is 12.4. The molecule has 1 aromatic carbocycles. The van der Waals surface area contributed by atoms with Crippen molar-refractivity contribution in [3.63, 3.8) is 0 Å². The van der Waals surface area contributed by atoms with Crippen molar-refractivity contribution < 1.29 is 17.9 Å². The van der Waals surface area contributed by atoms with Gasteiger partial charge in [0.1, 0.15) is 0 Å². The normalized spacial score (nSPS) is 10.4. The maximum absolute atomic E-state index is 13.8. The highest BCUT2D eigenvalue weighted by Gasteiger charge is 2.16. The van der Waals surface area contributed by atoms with Gasteiger partial charge in [0.2, 0.25) is 0 Å². The van der Waals surface area contributed by atoms with Crippen LogP contribution in [0.25, 0.3) is 11.1 Å². The van der Waals surface area contributed by atoms with Gasteiger partial charge in [-0.3, -0.25) is 0 Å². The molecule has 17 heavy (non-hydrogen) atoms. The Kier molecular flexibility index (Phi) is 2.99. The summed E-state index contributed by atoms with van der Waals surface area (Å²) in [7, 11) is 1.25. The van der Waals surface area contributed by atoms with Crippen molar-refractivity contribution in [3.05, 3.63) is 47.9 Å². The Morgan fingerprint density at radius 1 is 1.00 bits per heavy atom. The molecule has 2 aromatic rings. The molecular formula is C12H8F3NO. The predicted molar refractivity (Wildman–Crippen MR) is 56.1 cm³/mol. The van der Waals surface area contributed by atoms with E-state index < -0.39 is 17.5 Å². The number of hydrogen-bond acceptors (Lipinski definition) is 2. The fourth-order valence-corrected chi connectivity index (χ4v) is 1.49. The second-order valence-electron chi connectivity index (χ2n) is 3.28. The van der Waals surface area contributed by atoms with Gasteiger partial charge in [0.05, 0.1) is 7.11 Å². The van der Waals surface area contributed by atoms with Crippen molar-refractivity contribution in [2.75, 3.05) is 7.11 Å². The van der Waals surface area contributed by atoms with Crippen LogP contribution in [-0.4, -0.2) is 12.1 Å². The number of halogens is 3. The standard InChI is InChI=1S/C12H8F3NO/c1-17-12-11(15)8(5-6-16-12)7-3-2-4-9(13)10(7)14/h2-6H,1H3. The molecule has 0 fully saturated rings. The first-order chi connectivity index (χ1) is 8.15. The number of aromatic nitrogens is 1. The maximum Gasteiger partial charge on any atom is 0.250 e. The molecule has 0 bridgehead atoms. The highest BCUT2D eigenvalue weighted by molar-refractivity contribution is 5.65. The van der Waals surface area contributed by atoms with E-state index in [4.69, 9.17) is 0 Å². The molecule has 2 rings (SSSR count). The average Bonchev–Trinajstić information content (AvgIpc) is 2.33. The molecule has 0 aliphatic rings. The monoisotopic (exact) mass is 239 g/mol. The van der Waals surface area contributed by atoms with Crippen LogP contribution in [0.3, 0.4) is 0 Å². The van der Waals surface area contributed by atoms with Gasteiger partial charge in [-0.15, -0.1) is 0 Å². The second kappa shape index (κ2) is 4.45. The summed E-state index contributed by atoms with van der Waals surface area (Å²) in [4.78, 5) is 3.62. The summed E-state index contributed by atoms with van der Waals surface area (Å²) < 4.78 is 45.0. The Hall–Kier alpha value is -2.04. The van der Waals surface area contributed by atoms with Crippen LogP contribution in [0.4, 0.5) is 13.2 Å². The van der Waals surface area contributed by atoms with E-state index >= 15 is 0 Å². The number of ether oxygens (including phenoxy) is 1. The smallest absolute Gasteiger partial charge is 0.250 e. The average molecular weight is 239 g/mol. The van der Waals surface area contributed by atoms with Gasteiger partial charge in [0.15, 0.2) is 17.5 Å². The minimum Gasteiger partial charge on any atom is -0.479 e. The van der Waals surface area contributed by atoms with Crippen LogP contribution in [-0.2, 0) is 0 Å². The zero-order valence-corrected chi connectivity index (χ0v) is 8.88. The van der Waals surface area contributed by atoms with Crippen LogP contribution in [0.1, 0.15) is 0 Å². The molecule has 1 heterocycles. The third-order valence-corrected chi connectivity index (χ3v) is 2.29. The van der Waals surface area contributed by atoms with Crippen LogP contribution in [0.5, 0.6) is 5.88 Å². The minimum atomic E-state index is -1.10. The molecule has 0 N–H and O–H groups in total. The van der Waals surface area contributed by atoms with Gasteiger partial charge < -0.3 is 4.74 Å². The number of pyridine rings is 1. The Labute approximate surface area is 95.7 Å². The van der Waals surface area contributed by atoms with Crippen LogP contribution in [0, 0.1) is 17.5 Å². The summed E-state index contributed by atoms with van der Waals surface area (Å²) in [6.07, 6.45) is 1.27. The van der Waals surface area contributed by atoms with Crippen LogP contribution < -0.4 is 4.74 Å².